The fourth-order valence-corrected chi connectivity index (χ4v) is 2.69. The van der Waals surface area contributed by atoms with Gasteiger partial charge in [-0.1, -0.05) is 0 Å². The van der Waals surface area contributed by atoms with Crippen LogP contribution in [0, 0.1) is 20.8 Å². The van der Waals surface area contributed by atoms with Gasteiger partial charge in [0.05, 0.1) is 17.7 Å². The van der Waals surface area contributed by atoms with Gasteiger partial charge in [0.2, 0.25) is 0 Å². The first-order valence-electron chi connectivity index (χ1n) is 5.40. The lowest BCUT2D eigenvalue weighted by Gasteiger charge is -2.19. The third kappa shape index (κ3) is 2.41. The molecule has 1 aromatic carbocycles. The van der Waals surface area contributed by atoms with E-state index >= 15 is 0 Å². The minimum atomic E-state index is -0.322. The summed E-state index contributed by atoms with van der Waals surface area (Å²) in [5.41, 5.74) is 4.70. The average Bonchev–Trinajstić information content (AvgIpc) is 2.22. The summed E-state index contributed by atoms with van der Waals surface area (Å²) in [4.78, 5) is 0. The van der Waals surface area contributed by atoms with Crippen LogP contribution in [0.25, 0.3) is 0 Å². The normalized spacial score (nSPS) is 12.7. The van der Waals surface area contributed by atoms with Crippen LogP contribution >= 0.6 is 15.9 Å². The van der Waals surface area contributed by atoms with Crippen LogP contribution in [0.15, 0.2) is 4.47 Å². The Kier molecular flexibility index (Phi) is 4.39. The molecular formula is C13H19BrO2. The Morgan fingerprint density at radius 3 is 2.19 bits per heavy atom. The second-order valence-electron chi connectivity index (χ2n) is 4.25. The number of hydrogen-bond donors (Lipinski definition) is 1. The zero-order chi connectivity index (χ0) is 12.5. The third-order valence-electron chi connectivity index (χ3n) is 3.04. The summed E-state index contributed by atoms with van der Waals surface area (Å²) in [5.74, 6) is 0.893. The van der Waals surface area contributed by atoms with E-state index in [0.29, 0.717) is 6.42 Å². The highest BCUT2D eigenvalue weighted by Crippen LogP contribution is 2.37. The highest BCUT2D eigenvalue weighted by Gasteiger charge is 2.16. The fraction of sp³-hybridized carbons (Fsp3) is 0.538. The van der Waals surface area contributed by atoms with E-state index in [1.54, 1.807) is 7.11 Å². The smallest absolute Gasteiger partial charge is 0.136 e. The van der Waals surface area contributed by atoms with Gasteiger partial charge in [-0.2, -0.15) is 0 Å². The van der Waals surface area contributed by atoms with Crippen LogP contribution in [-0.4, -0.2) is 18.3 Å². The van der Waals surface area contributed by atoms with Gasteiger partial charge < -0.3 is 9.84 Å². The molecule has 1 aromatic rings. The molecule has 0 saturated heterocycles. The molecule has 1 atom stereocenters. The van der Waals surface area contributed by atoms with Crippen LogP contribution in [0.1, 0.15) is 29.2 Å². The van der Waals surface area contributed by atoms with Crippen molar-refractivity contribution in [3.63, 3.8) is 0 Å². The SMILES string of the molecule is COc1c(C)c(C)c(CC(C)O)c(C)c1Br. The minimum absolute atomic E-state index is 0.322. The molecule has 0 bridgehead atoms. The van der Waals surface area contributed by atoms with Gasteiger partial charge in [-0.15, -0.1) is 0 Å². The van der Waals surface area contributed by atoms with E-state index in [1.165, 1.54) is 11.1 Å². The molecule has 16 heavy (non-hydrogen) atoms. The standard InChI is InChI=1S/C13H19BrO2/c1-7(15)6-11-8(2)9(3)13(16-5)12(14)10(11)4/h7,15H,6H2,1-5H3. The zero-order valence-electron chi connectivity index (χ0n) is 10.5. The Morgan fingerprint density at radius 1 is 1.19 bits per heavy atom. The van der Waals surface area contributed by atoms with Crippen LogP contribution in [0.3, 0.4) is 0 Å². The number of hydrogen-bond acceptors (Lipinski definition) is 2. The lowest BCUT2D eigenvalue weighted by Crippen LogP contribution is -2.09. The van der Waals surface area contributed by atoms with Crippen LogP contribution in [0.5, 0.6) is 5.75 Å². The predicted molar refractivity (Wildman–Crippen MR) is 70.3 cm³/mol. The number of aliphatic hydroxyl groups excluding tert-OH is 1. The van der Waals surface area contributed by atoms with Crippen molar-refractivity contribution >= 4 is 15.9 Å². The molecule has 0 aromatic heterocycles. The van der Waals surface area contributed by atoms with Crippen molar-refractivity contribution in [1.29, 1.82) is 0 Å². The van der Waals surface area contributed by atoms with Crippen molar-refractivity contribution in [1.82, 2.24) is 0 Å². The van der Waals surface area contributed by atoms with Crippen LogP contribution in [-0.2, 0) is 6.42 Å². The monoisotopic (exact) mass is 286 g/mol. The minimum Gasteiger partial charge on any atom is -0.495 e. The molecule has 0 fully saturated rings. The molecule has 1 rings (SSSR count). The Hall–Kier alpha value is -0.540. The van der Waals surface area contributed by atoms with Gasteiger partial charge in [-0.05, 0) is 72.3 Å². The average molecular weight is 287 g/mol. The van der Waals surface area contributed by atoms with Crippen molar-refractivity contribution in [2.24, 2.45) is 0 Å². The van der Waals surface area contributed by atoms with Gasteiger partial charge in [-0.3, -0.25) is 0 Å². The number of aliphatic hydroxyl groups is 1. The molecule has 0 aliphatic heterocycles. The maximum atomic E-state index is 9.52. The number of benzene rings is 1. The van der Waals surface area contributed by atoms with Crippen LogP contribution in [0.4, 0.5) is 0 Å². The van der Waals surface area contributed by atoms with E-state index in [0.717, 1.165) is 21.3 Å². The van der Waals surface area contributed by atoms with Crippen LogP contribution in [0.2, 0.25) is 0 Å². The van der Waals surface area contributed by atoms with Crippen molar-refractivity contribution in [3.05, 3.63) is 26.7 Å². The van der Waals surface area contributed by atoms with E-state index < -0.39 is 0 Å². The number of ether oxygens (including phenoxy) is 1. The lowest BCUT2D eigenvalue weighted by atomic mass is 9.93. The van der Waals surface area contributed by atoms with Crippen molar-refractivity contribution in [3.8, 4) is 5.75 Å². The van der Waals surface area contributed by atoms with Crippen LogP contribution < -0.4 is 4.74 Å². The Balaban J connectivity index is 3.41. The van der Waals surface area contributed by atoms with Crippen molar-refractivity contribution < 1.29 is 9.84 Å². The summed E-state index contributed by atoms with van der Waals surface area (Å²) in [7, 11) is 1.68. The molecule has 3 heteroatoms. The molecule has 2 nitrogen and oxygen atoms in total. The van der Waals surface area contributed by atoms with Gasteiger partial charge >= 0.3 is 0 Å². The predicted octanol–water partition coefficient (Wildman–Crippen LogP) is 3.31. The summed E-state index contributed by atoms with van der Waals surface area (Å²) in [6.45, 7) is 7.99. The first-order chi connectivity index (χ1) is 7.40. The van der Waals surface area contributed by atoms with Gasteiger partial charge in [-0.25, -0.2) is 0 Å². The molecule has 0 heterocycles. The summed E-state index contributed by atoms with van der Waals surface area (Å²) < 4.78 is 6.38. The lowest BCUT2D eigenvalue weighted by molar-refractivity contribution is 0.195. The Morgan fingerprint density at radius 2 is 1.75 bits per heavy atom. The summed E-state index contributed by atoms with van der Waals surface area (Å²) in [6, 6.07) is 0. The highest BCUT2D eigenvalue weighted by molar-refractivity contribution is 9.10. The topological polar surface area (TPSA) is 29.5 Å². The quantitative estimate of drug-likeness (QED) is 0.924. The van der Waals surface area contributed by atoms with E-state index in [1.807, 2.05) is 13.8 Å². The van der Waals surface area contributed by atoms with E-state index in [2.05, 4.69) is 29.8 Å². The van der Waals surface area contributed by atoms with Gasteiger partial charge in [0.1, 0.15) is 5.75 Å². The maximum Gasteiger partial charge on any atom is 0.136 e. The number of methoxy groups -OCH3 is 1. The molecular weight excluding hydrogens is 268 g/mol. The van der Waals surface area contributed by atoms with Gasteiger partial charge in [0, 0.05) is 0 Å². The summed E-state index contributed by atoms with van der Waals surface area (Å²) in [5, 5.41) is 9.52. The third-order valence-corrected chi connectivity index (χ3v) is 4.00. The van der Waals surface area contributed by atoms with Gasteiger partial charge in [0.15, 0.2) is 0 Å². The summed E-state index contributed by atoms with van der Waals surface area (Å²) in [6.07, 6.45) is 0.360. The molecule has 0 amide bonds. The Bertz CT molecular complexity index is 368. The fourth-order valence-electron chi connectivity index (χ4n) is 1.99. The second-order valence-corrected chi connectivity index (χ2v) is 5.05. The second kappa shape index (κ2) is 5.19. The Labute approximate surface area is 106 Å². The first-order valence-corrected chi connectivity index (χ1v) is 6.19. The van der Waals surface area contributed by atoms with E-state index in [-0.39, 0.29) is 6.10 Å². The first kappa shape index (κ1) is 13.5. The molecule has 0 radical (unpaired) electrons. The maximum absolute atomic E-state index is 9.52. The molecule has 0 saturated carbocycles. The number of rotatable bonds is 3. The molecule has 1 unspecified atom stereocenters. The van der Waals surface area contributed by atoms with Crippen molar-refractivity contribution in [2.75, 3.05) is 7.11 Å². The van der Waals surface area contributed by atoms with E-state index in [4.69, 9.17) is 4.74 Å². The molecule has 0 aliphatic carbocycles. The largest absolute Gasteiger partial charge is 0.495 e. The molecule has 90 valence electrons. The molecule has 1 N–H and O–H groups in total. The zero-order valence-corrected chi connectivity index (χ0v) is 12.1. The molecule has 0 aliphatic rings. The van der Waals surface area contributed by atoms with E-state index in [9.17, 15) is 5.11 Å². The summed E-state index contributed by atoms with van der Waals surface area (Å²) >= 11 is 3.56. The highest BCUT2D eigenvalue weighted by atomic mass is 79.9. The van der Waals surface area contributed by atoms with Gasteiger partial charge in [0.25, 0.3) is 0 Å². The number of halogens is 1. The molecule has 0 spiro atoms. The van der Waals surface area contributed by atoms with Crippen molar-refractivity contribution in [2.45, 2.75) is 40.2 Å².